The summed E-state index contributed by atoms with van der Waals surface area (Å²) >= 11 is 0. The molecule has 1 saturated carbocycles. The lowest BCUT2D eigenvalue weighted by Crippen LogP contribution is -2.17. The van der Waals surface area contributed by atoms with Crippen LogP contribution in [0.5, 0.6) is 5.75 Å². The van der Waals surface area contributed by atoms with Gasteiger partial charge in [-0.1, -0.05) is 43.6 Å². The van der Waals surface area contributed by atoms with Crippen LogP contribution in [0.1, 0.15) is 50.5 Å². The smallest absolute Gasteiger partial charge is 0.403 e. The van der Waals surface area contributed by atoms with Gasteiger partial charge in [-0.25, -0.2) is 8.78 Å². The SMILES string of the molecule is CC[SiH2]CC[C@H]1CC[C@H](c2ccc(-c3ccc(OC(F)(F)F)c(F)c3)c(F)c2)CC1. The van der Waals surface area contributed by atoms with Crippen LogP contribution in [0.15, 0.2) is 36.4 Å². The van der Waals surface area contributed by atoms with Crippen molar-refractivity contribution >= 4 is 9.52 Å². The molecule has 164 valence electrons. The molecule has 1 fully saturated rings. The molecule has 0 aromatic heterocycles. The highest BCUT2D eigenvalue weighted by Crippen LogP contribution is 2.39. The number of benzene rings is 2. The van der Waals surface area contributed by atoms with Crippen molar-refractivity contribution in [3.8, 4) is 16.9 Å². The van der Waals surface area contributed by atoms with Crippen molar-refractivity contribution in [2.45, 2.75) is 63.4 Å². The average molecular weight is 443 g/mol. The Morgan fingerprint density at radius 1 is 0.967 bits per heavy atom. The lowest BCUT2D eigenvalue weighted by atomic mass is 9.77. The van der Waals surface area contributed by atoms with Crippen molar-refractivity contribution in [1.29, 1.82) is 0 Å². The van der Waals surface area contributed by atoms with Crippen molar-refractivity contribution < 1.29 is 26.7 Å². The molecule has 0 bridgehead atoms. The van der Waals surface area contributed by atoms with Gasteiger partial charge in [-0.05, 0) is 66.8 Å². The van der Waals surface area contributed by atoms with E-state index in [1.54, 1.807) is 6.07 Å². The lowest BCUT2D eigenvalue weighted by Gasteiger charge is -2.29. The van der Waals surface area contributed by atoms with Crippen LogP contribution >= 0.6 is 0 Å². The second-order valence-corrected chi connectivity index (χ2v) is 10.6. The molecule has 0 aliphatic heterocycles. The maximum Gasteiger partial charge on any atom is 0.573 e. The monoisotopic (exact) mass is 442 g/mol. The fourth-order valence-electron chi connectivity index (χ4n) is 4.36. The van der Waals surface area contributed by atoms with Crippen LogP contribution < -0.4 is 4.74 Å². The molecule has 3 rings (SSSR count). The molecule has 1 aliphatic rings. The van der Waals surface area contributed by atoms with Crippen LogP contribution in [0.4, 0.5) is 22.0 Å². The standard InChI is InChI=1S/C23H27F5OSi/c1-2-30-12-11-15-3-5-16(6-4-15)17-7-9-19(20(24)13-17)18-8-10-22(21(25)14-18)29-23(26,27)28/h7-10,13-16H,2-6,11-12,30H2,1H3/t15-,16-. The summed E-state index contributed by atoms with van der Waals surface area (Å²) in [5.41, 5.74) is 1.28. The third kappa shape index (κ3) is 6.06. The molecule has 0 unspecified atom stereocenters. The summed E-state index contributed by atoms with van der Waals surface area (Å²) < 4.78 is 69.2. The summed E-state index contributed by atoms with van der Waals surface area (Å²) in [5.74, 6) is -1.48. The van der Waals surface area contributed by atoms with E-state index < -0.39 is 23.7 Å². The zero-order valence-electron chi connectivity index (χ0n) is 17.1. The molecule has 0 N–H and O–H groups in total. The largest absolute Gasteiger partial charge is 0.573 e. The highest BCUT2D eigenvalue weighted by Gasteiger charge is 2.32. The van der Waals surface area contributed by atoms with Gasteiger partial charge in [0, 0.05) is 15.1 Å². The zero-order chi connectivity index (χ0) is 21.7. The Morgan fingerprint density at radius 2 is 1.70 bits per heavy atom. The Hall–Kier alpha value is -1.89. The molecule has 0 radical (unpaired) electrons. The Balaban J connectivity index is 1.67. The maximum atomic E-state index is 14.7. The van der Waals surface area contributed by atoms with Gasteiger partial charge in [-0.2, -0.15) is 0 Å². The van der Waals surface area contributed by atoms with Crippen molar-refractivity contribution in [2.24, 2.45) is 5.92 Å². The number of hydrogen-bond donors (Lipinski definition) is 0. The molecule has 0 heterocycles. The first kappa shape index (κ1) is 22.8. The summed E-state index contributed by atoms with van der Waals surface area (Å²) in [6.45, 7) is 2.26. The number of hydrogen-bond acceptors (Lipinski definition) is 1. The molecule has 30 heavy (non-hydrogen) atoms. The first-order valence-electron chi connectivity index (χ1n) is 10.6. The minimum absolute atomic E-state index is 0.123. The Kier molecular flexibility index (Phi) is 7.55. The van der Waals surface area contributed by atoms with E-state index in [0.717, 1.165) is 36.5 Å². The topological polar surface area (TPSA) is 9.23 Å². The predicted molar refractivity (Wildman–Crippen MR) is 112 cm³/mol. The lowest BCUT2D eigenvalue weighted by molar-refractivity contribution is -0.275. The van der Waals surface area contributed by atoms with Gasteiger partial charge in [0.15, 0.2) is 11.6 Å². The summed E-state index contributed by atoms with van der Waals surface area (Å²) in [5, 5.41) is 0. The van der Waals surface area contributed by atoms with E-state index in [-0.39, 0.29) is 20.6 Å². The molecule has 0 atom stereocenters. The third-order valence-corrected chi connectivity index (χ3v) is 7.61. The van der Waals surface area contributed by atoms with E-state index >= 15 is 0 Å². The van der Waals surface area contributed by atoms with Crippen LogP contribution in [-0.2, 0) is 0 Å². The van der Waals surface area contributed by atoms with Gasteiger partial charge in [-0.15, -0.1) is 13.2 Å². The van der Waals surface area contributed by atoms with Crippen molar-refractivity contribution in [3.63, 3.8) is 0 Å². The van der Waals surface area contributed by atoms with Crippen LogP contribution in [0.3, 0.4) is 0 Å². The minimum Gasteiger partial charge on any atom is -0.403 e. The Labute approximate surface area is 176 Å². The molecule has 1 nitrogen and oxygen atoms in total. The summed E-state index contributed by atoms with van der Waals surface area (Å²) in [7, 11) is 0.123. The van der Waals surface area contributed by atoms with Gasteiger partial charge in [0.25, 0.3) is 0 Å². The fourth-order valence-corrected chi connectivity index (χ4v) is 5.73. The quantitative estimate of drug-likeness (QED) is 0.250. The molecule has 1 aliphatic carbocycles. The first-order chi connectivity index (χ1) is 14.3. The van der Waals surface area contributed by atoms with Crippen LogP contribution in [0, 0.1) is 17.6 Å². The van der Waals surface area contributed by atoms with Crippen molar-refractivity contribution in [3.05, 3.63) is 53.6 Å². The highest BCUT2D eigenvalue weighted by molar-refractivity contribution is 6.35. The van der Waals surface area contributed by atoms with Crippen molar-refractivity contribution in [2.75, 3.05) is 0 Å². The van der Waals surface area contributed by atoms with E-state index in [1.807, 2.05) is 6.07 Å². The van der Waals surface area contributed by atoms with E-state index in [9.17, 15) is 22.0 Å². The number of alkyl halides is 3. The predicted octanol–water partition coefficient (Wildman–Crippen LogP) is 7.22. The van der Waals surface area contributed by atoms with E-state index in [4.69, 9.17) is 0 Å². The second kappa shape index (κ2) is 9.94. The summed E-state index contributed by atoms with van der Waals surface area (Å²) in [6.07, 6.45) is 0.812. The second-order valence-electron chi connectivity index (χ2n) is 8.15. The van der Waals surface area contributed by atoms with Gasteiger partial charge in [-0.3, -0.25) is 0 Å². The van der Waals surface area contributed by atoms with Crippen molar-refractivity contribution in [1.82, 2.24) is 0 Å². The van der Waals surface area contributed by atoms with Gasteiger partial charge in [0.1, 0.15) is 5.82 Å². The van der Waals surface area contributed by atoms with Gasteiger partial charge in [0.05, 0.1) is 0 Å². The molecular formula is C23H27F5OSi. The van der Waals surface area contributed by atoms with Crippen LogP contribution in [0.2, 0.25) is 12.1 Å². The molecule has 7 heteroatoms. The maximum absolute atomic E-state index is 14.7. The number of rotatable bonds is 7. The average Bonchev–Trinajstić information content (AvgIpc) is 2.69. The molecule has 0 spiro atoms. The minimum atomic E-state index is -4.98. The van der Waals surface area contributed by atoms with Gasteiger partial charge in [0.2, 0.25) is 0 Å². The summed E-state index contributed by atoms with van der Waals surface area (Å²) in [4.78, 5) is 0. The van der Waals surface area contributed by atoms with Crippen LogP contribution in [-0.4, -0.2) is 15.9 Å². The van der Waals surface area contributed by atoms with E-state index in [1.165, 1.54) is 43.5 Å². The third-order valence-electron chi connectivity index (χ3n) is 6.00. The first-order valence-corrected chi connectivity index (χ1v) is 12.6. The molecule has 2 aromatic carbocycles. The molecule has 2 aromatic rings. The Morgan fingerprint density at radius 3 is 2.30 bits per heavy atom. The molecular weight excluding hydrogens is 415 g/mol. The normalized spacial score (nSPS) is 20.1. The summed E-state index contributed by atoms with van der Waals surface area (Å²) in [6, 6.07) is 10.7. The number of ether oxygens (including phenoxy) is 1. The zero-order valence-corrected chi connectivity index (χ0v) is 18.5. The number of halogens is 5. The molecule has 0 saturated heterocycles. The van der Waals surface area contributed by atoms with E-state index in [0.29, 0.717) is 5.92 Å². The van der Waals surface area contributed by atoms with Gasteiger partial charge >= 0.3 is 6.36 Å². The van der Waals surface area contributed by atoms with E-state index in [2.05, 4.69) is 11.7 Å². The Bertz CT molecular complexity index is 844. The fraction of sp³-hybridized carbons (Fsp3) is 0.478. The highest BCUT2D eigenvalue weighted by atomic mass is 28.2. The van der Waals surface area contributed by atoms with Crippen LogP contribution in [0.25, 0.3) is 11.1 Å². The van der Waals surface area contributed by atoms with Gasteiger partial charge < -0.3 is 4.74 Å². The molecule has 0 amide bonds.